The third kappa shape index (κ3) is 1.99. The summed E-state index contributed by atoms with van der Waals surface area (Å²) in [6, 6.07) is 7.68. The topological polar surface area (TPSA) is 93.0 Å². The van der Waals surface area contributed by atoms with E-state index in [9.17, 15) is 0 Å². The Morgan fingerprint density at radius 2 is 1.95 bits per heavy atom. The molecule has 3 aromatic rings. The fourth-order valence-electron chi connectivity index (χ4n) is 2.02. The van der Waals surface area contributed by atoms with Crippen molar-refractivity contribution in [1.29, 1.82) is 0 Å². The van der Waals surface area contributed by atoms with Crippen LogP contribution in [0.15, 0.2) is 30.5 Å². The van der Waals surface area contributed by atoms with Gasteiger partial charge in [-0.25, -0.2) is 0 Å². The molecule has 0 aliphatic heterocycles. The number of nitrogens with one attached hydrogen (secondary N) is 1. The average Bonchev–Trinajstić information content (AvgIpc) is 2.94. The summed E-state index contributed by atoms with van der Waals surface area (Å²) in [7, 11) is 3.55. The van der Waals surface area contributed by atoms with Crippen molar-refractivity contribution in [3.8, 4) is 5.75 Å². The summed E-state index contributed by atoms with van der Waals surface area (Å²) >= 11 is 0. The Bertz CT molecular complexity index is 736. The van der Waals surface area contributed by atoms with Gasteiger partial charge in [0.25, 0.3) is 0 Å². The van der Waals surface area contributed by atoms with Gasteiger partial charge in [0.1, 0.15) is 11.6 Å². The van der Waals surface area contributed by atoms with Crippen molar-refractivity contribution in [2.45, 2.75) is 0 Å². The number of benzene rings is 1. The first-order valence-electron chi connectivity index (χ1n) is 6.03. The molecule has 0 unspecified atom stereocenters. The Labute approximate surface area is 115 Å². The van der Waals surface area contributed by atoms with E-state index in [2.05, 4.69) is 20.2 Å². The number of hydrogen-bond acceptors (Lipinski definition) is 6. The van der Waals surface area contributed by atoms with Crippen LogP contribution in [0, 0.1) is 0 Å². The largest absolute Gasteiger partial charge is 0.497 e. The number of anilines is 3. The second-order valence-corrected chi connectivity index (χ2v) is 4.29. The van der Waals surface area contributed by atoms with Crippen LogP contribution in [-0.4, -0.2) is 34.3 Å². The van der Waals surface area contributed by atoms with E-state index in [4.69, 9.17) is 10.5 Å². The number of ether oxygens (including phenoxy) is 1. The standard InChI is InChI=1S/C13H14N6O/c1-19(8-3-5-9(20-2)6-4-8)12-10-7-15-18-11(10)16-13(14)17-12/h3-7H,1-2H3,(H3,14,15,16,17,18). The van der Waals surface area contributed by atoms with E-state index >= 15 is 0 Å². The van der Waals surface area contributed by atoms with E-state index < -0.39 is 0 Å². The molecule has 0 bridgehead atoms. The maximum Gasteiger partial charge on any atom is 0.224 e. The van der Waals surface area contributed by atoms with Crippen molar-refractivity contribution in [1.82, 2.24) is 20.2 Å². The van der Waals surface area contributed by atoms with Gasteiger partial charge in [-0.15, -0.1) is 0 Å². The van der Waals surface area contributed by atoms with E-state index in [0.717, 1.165) is 16.8 Å². The molecule has 0 spiro atoms. The molecule has 2 aromatic heterocycles. The van der Waals surface area contributed by atoms with Gasteiger partial charge < -0.3 is 15.4 Å². The molecular formula is C13H14N6O. The van der Waals surface area contributed by atoms with Crippen LogP contribution in [0.2, 0.25) is 0 Å². The predicted octanol–water partition coefficient (Wildman–Crippen LogP) is 1.71. The van der Waals surface area contributed by atoms with Crippen molar-refractivity contribution in [3.05, 3.63) is 30.5 Å². The number of aromatic nitrogens is 4. The number of nitrogen functional groups attached to an aromatic ring is 1. The van der Waals surface area contributed by atoms with E-state index in [-0.39, 0.29) is 5.95 Å². The number of nitrogens with two attached hydrogens (primary N) is 1. The van der Waals surface area contributed by atoms with E-state index in [1.807, 2.05) is 36.2 Å². The number of methoxy groups -OCH3 is 1. The van der Waals surface area contributed by atoms with Gasteiger partial charge >= 0.3 is 0 Å². The minimum Gasteiger partial charge on any atom is -0.497 e. The minimum atomic E-state index is 0.206. The second-order valence-electron chi connectivity index (χ2n) is 4.29. The van der Waals surface area contributed by atoms with Crippen molar-refractivity contribution in [2.75, 3.05) is 24.8 Å². The zero-order valence-corrected chi connectivity index (χ0v) is 11.2. The van der Waals surface area contributed by atoms with Crippen LogP contribution in [0.3, 0.4) is 0 Å². The summed E-state index contributed by atoms with van der Waals surface area (Å²) in [5.41, 5.74) is 7.31. The number of rotatable bonds is 3. The molecule has 0 radical (unpaired) electrons. The van der Waals surface area contributed by atoms with E-state index in [1.165, 1.54) is 0 Å². The number of H-pyrrole nitrogens is 1. The molecule has 2 heterocycles. The molecule has 3 rings (SSSR count). The normalized spacial score (nSPS) is 10.7. The van der Waals surface area contributed by atoms with Crippen LogP contribution in [0.5, 0.6) is 5.75 Å². The van der Waals surface area contributed by atoms with Crippen LogP contribution >= 0.6 is 0 Å². The zero-order valence-electron chi connectivity index (χ0n) is 11.2. The molecule has 7 heteroatoms. The van der Waals surface area contributed by atoms with E-state index in [1.54, 1.807) is 13.3 Å². The van der Waals surface area contributed by atoms with Crippen LogP contribution in [0.25, 0.3) is 11.0 Å². The Balaban J connectivity index is 2.06. The molecule has 1 aromatic carbocycles. The maximum absolute atomic E-state index is 5.73. The molecule has 0 amide bonds. The smallest absolute Gasteiger partial charge is 0.224 e. The third-order valence-corrected chi connectivity index (χ3v) is 3.08. The molecule has 0 aliphatic rings. The molecule has 0 aliphatic carbocycles. The van der Waals surface area contributed by atoms with Gasteiger partial charge in [0.2, 0.25) is 5.95 Å². The van der Waals surface area contributed by atoms with Gasteiger partial charge in [-0.1, -0.05) is 0 Å². The first-order valence-corrected chi connectivity index (χ1v) is 6.03. The summed E-state index contributed by atoms with van der Waals surface area (Å²) in [5.74, 6) is 1.71. The van der Waals surface area contributed by atoms with Crippen molar-refractivity contribution >= 4 is 28.5 Å². The molecule has 7 nitrogen and oxygen atoms in total. The molecule has 102 valence electrons. The highest BCUT2D eigenvalue weighted by Crippen LogP contribution is 2.29. The van der Waals surface area contributed by atoms with Crippen molar-refractivity contribution in [2.24, 2.45) is 0 Å². The average molecular weight is 270 g/mol. The second kappa shape index (κ2) is 4.69. The van der Waals surface area contributed by atoms with Crippen molar-refractivity contribution < 1.29 is 4.74 Å². The first-order chi connectivity index (χ1) is 9.69. The lowest BCUT2D eigenvalue weighted by Gasteiger charge is -2.19. The highest BCUT2D eigenvalue weighted by molar-refractivity contribution is 5.89. The minimum absolute atomic E-state index is 0.206. The zero-order chi connectivity index (χ0) is 14.1. The molecule has 20 heavy (non-hydrogen) atoms. The third-order valence-electron chi connectivity index (χ3n) is 3.08. The van der Waals surface area contributed by atoms with Gasteiger partial charge in [-0.05, 0) is 24.3 Å². The van der Waals surface area contributed by atoms with Crippen LogP contribution in [-0.2, 0) is 0 Å². The highest BCUT2D eigenvalue weighted by atomic mass is 16.5. The predicted molar refractivity (Wildman–Crippen MR) is 77.2 cm³/mol. The van der Waals surface area contributed by atoms with Gasteiger partial charge in [0.05, 0.1) is 18.7 Å². The van der Waals surface area contributed by atoms with Crippen molar-refractivity contribution in [3.63, 3.8) is 0 Å². The molecule has 0 fully saturated rings. The number of hydrogen-bond donors (Lipinski definition) is 2. The summed E-state index contributed by atoms with van der Waals surface area (Å²) in [4.78, 5) is 10.3. The number of fused-ring (bicyclic) bond motifs is 1. The molecular weight excluding hydrogens is 256 g/mol. The first kappa shape index (κ1) is 12.2. The molecule has 0 saturated carbocycles. The number of aromatic amines is 1. The lowest BCUT2D eigenvalue weighted by atomic mass is 10.2. The fourth-order valence-corrected chi connectivity index (χ4v) is 2.02. The Morgan fingerprint density at radius 3 is 2.65 bits per heavy atom. The SMILES string of the molecule is COc1ccc(N(C)c2nc(N)nc3[nH]ncc23)cc1. The van der Waals surface area contributed by atoms with Crippen LogP contribution in [0.4, 0.5) is 17.5 Å². The summed E-state index contributed by atoms with van der Waals surface area (Å²) in [6.45, 7) is 0. The van der Waals surface area contributed by atoms with Gasteiger partial charge in [0, 0.05) is 12.7 Å². The van der Waals surface area contributed by atoms with Gasteiger partial charge in [-0.3, -0.25) is 5.10 Å². The lowest BCUT2D eigenvalue weighted by Crippen LogP contribution is -2.13. The Kier molecular flexibility index (Phi) is 2.86. The quantitative estimate of drug-likeness (QED) is 0.752. The summed E-state index contributed by atoms with van der Waals surface area (Å²) in [5, 5.41) is 7.59. The summed E-state index contributed by atoms with van der Waals surface area (Å²) < 4.78 is 5.15. The Morgan fingerprint density at radius 1 is 1.20 bits per heavy atom. The molecule has 3 N–H and O–H groups in total. The number of nitrogens with zero attached hydrogens (tertiary/aromatic N) is 4. The monoisotopic (exact) mass is 270 g/mol. The van der Waals surface area contributed by atoms with E-state index in [0.29, 0.717) is 11.5 Å². The van der Waals surface area contributed by atoms with Crippen LogP contribution in [0.1, 0.15) is 0 Å². The summed E-state index contributed by atoms with van der Waals surface area (Å²) in [6.07, 6.45) is 1.68. The molecule has 0 atom stereocenters. The fraction of sp³-hybridized carbons (Fsp3) is 0.154. The Hall–Kier alpha value is -2.83. The highest BCUT2D eigenvalue weighted by Gasteiger charge is 2.13. The maximum atomic E-state index is 5.73. The lowest BCUT2D eigenvalue weighted by molar-refractivity contribution is 0.415. The van der Waals surface area contributed by atoms with Gasteiger partial charge in [0.15, 0.2) is 5.65 Å². The molecule has 0 saturated heterocycles. The van der Waals surface area contributed by atoms with Crippen LogP contribution < -0.4 is 15.4 Å². The van der Waals surface area contributed by atoms with Gasteiger partial charge in [-0.2, -0.15) is 15.1 Å².